The van der Waals surface area contributed by atoms with Gasteiger partial charge in [-0.3, -0.25) is 9.69 Å². The van der Waals surface area contributed by atoms with Crippen molar-refractivity contribution in [1.29, 1.82) is 0 Å². The molecule has 0 atom stereocenters. The molecule has 0 saturated carbocycles. The minimum atomic E-state index is 0.146. The molecule has 2 aromatic rings. The third-order valence-corrected chi connectivity index (χ3v) is 4.83. The van der Waals surface area contributed by atoms with Crippen molar-refractivity contribution in [3.63, 3.8) is 0 Å². The molecule has 1 aliphatic rings. The zero-order valence-corrected chi connectivity index (χ0v) is 16.6. The molecule has 0 unspecified atom stereocenters. The van der Waals surface area contributed by atoms with E-state index in [4.69, 9.17) is 0 Å². The van der Waals surface area contributed by atoms with E-state index in [1.807, 2.05) is 72.9 Å². The number of hydrogen-bond acceptors (Lipinski definition) is 2. The van der Waals surface area contributed by atoms with Gasteiger partial charge in [0.05, 0.1) is 0 Å². The van der Waals surface area contributed by atoms with Crippen LogP contribution in [0.3, 0.4) is 0 Å². The van der Waals surface area contributed by atoms with Crippen LogP contribution in [0.1, 0.15) is 25.0 Å². The number of allylic oxidation sites excluding steroid dienone is 4. The van der Waals surface area contributed by atoms with Gasteiger partial charge in [-0.05, 0) is 25.0 Å². The molecular formula is C26H27NO. The normalized spacial score (nSPS) is 18.9. The Balaban J connectivity index is 1.79. The second-order valence-corrected chi connectivity index (χ2v) is 7.25. The molecule has 1 aliphatic heterocycles. The molecule has 1 fully saturated rings. The molecule has 0 amide bonds. The first kappa shape index (κ1) is 19.8. The Morgan fingerprint density at radius 2 is 1.18 bits per heavy atom. The van der Waals surface area contributed by atoms with Gasteiger partial charge < -0.3 is 0 Å². The van der Waals surface area contributed by atoms with E-state index < -0.39 is 0 Å². The maximum Gasteiger partial charge on any atom is 0.187 e. The summed E-state index contributed by atoms with van der Waals surface area (Å²) < 4.78 is 0. The fraction of sp³-hybridized carbons (Fsp3) is 0.192. The largest absolute Gasteiger partial charge is 0.292 e. The van der Waals surface area contributed by atoms with Gasteiger partial charge in [-0.1, -0.05) is 97.1 Å². The minimum Gasteiger partial charge on any atom is -0.292 e. The highest BCUT2D eigenvalue weighted by Crippen LogP contribution is 2.20. The van der Waals surface area contributed by atoms with Crippen LogP contribution in [0.4, 0.5) is 0 Å². The van der Waals surface area contributed by atoms with Crippen LogP contribution in [0.5, 0.6) is 0 Å². The molecule has 0 radical (unpaired) electrons. The van der Waals surface area contributed by atoms with Gasteiger partial charge >= 0.3 is 0 Å². The molecule has 142 valence electrons. The summed E-state index contributed by atoms with van der Waals surface area (Å²) in [5.41, 5.74) is 3.94. The average molecular weight is 370 g/mol. The summed E-state index contributed by atoms with van der Waals surface area (Å²) in [5, 5.41) is 0. The van der Waals surface area contributed by atoms with Crippen LogP contribution in [0.2, 0.25) is 0 Å². The Morgan fingerprint density at radius 3 is 1.57 bits per heavy atom. The van der Waals surface area contributed by atoms with Crippen molar-refractivity contribution in [1.82, 2.24) is 4.90 Å². The fourth-order valence-electron chi connectivity index (χ4n) is 3.14. The van der Waals surface area contributed by atoms with E-state index in [0.717, 1.165) is 22.3 Å². The average Bonchev–Trinajstić information content (AvgIpc) is 2.72. The quantitative estimate of drug-likeness (QED) is 0.643. The van der Waals surface area contributed by atoms with Crippen LogP contribution in [-0.4, -0.2) is 29.8 Å². The van der Waals surface area contributed by atoms with Gasteiger partial charge in [0.25, 0.3) is 0 Å². The molecular weight excluding hydrogens is 342 g/mol. The van der Waals surface area contributed by atoms with Crippen LogP contribution < -0.4 is 0 Å². The number of piperidine rings is 1. The molecule has 2 heteroatoms. The Bertz CT molecular complexity index is 830. The summed E-state index contributed by atoms with van der Waals surface area (Å²) in [4.78, 5) is 15.3. The van der Waals surface area contributed by atoms with Crippen molar-refractivity contribution < 1.29 is 4.79 Å². The lowest BCUT2D eigenvalue weighted by molar-refractivity contribution is -0.113. The van der Waals surface area contributed by atoms with Gasteiger partial charge in [-0.15, -0.1) is 0 Å². The number of Topliss-reactive ketones (excluding diaryl/α,β-unsaturated/α-hetero) is 1. The number of likely N-dealkylation sites (tertiary alicyclic amines) is 1. The van der Waals surface area contributed by atoms with E-state index >= 15 is 0 Å². The van der Waals surface area contributed by atoms with E-state index in [2.05, 4.69) is 43.0 Å². The van der Waals surface area contributed by atoms with Crippen molar-refractivity contribution in [3.05, 3.63) is 107 Å². The summed E-state index contributed by atoms with van der Waals surface area (Å²) in [5.74, 6) is 0.146. The number of rotatable bonds is 5. The number of nitrogens with zero attached hydrogens (tertiary/aromatic N) is 1. The highest BCUT2D eigenvalue weighted by Gasteiger charge is 2.26. The lowest BCUT2D eigenvalue weighted by Gasteiger charge is -2.32. The van der Waals surface area contributed by atoms with Crippen molar-refractivity contribution >= 4 is 17.9 Å². The molecule has 0 aromatic heterocycles. The summed E-state index contributed by atoms with van der Waals surface area (Å²) in [6.07, 6.45) is 11.9. The Morgan fingerprint density at radius 1 is 0.750 bits per heavy atom. The van der Waals surface area contributed by atoms with Gasteiger partial charge in [0.15, 0.2) is 5.78 Å². The Hall–Kier alpha value is -2.97. The van der Waals surface area contributed by atoms with Gasteiger partial charge in [0, 0.05) is 30.3 Å². The van der Waals surface area contributed by atoms with Crippen LogP contribution in [0, 0.1) is 0 Å². The molecule has 28 heavy (non-hydrogen) atoms. The second-order valence-electron chi connectivity index (χ2n) is 7.25. The topological polar surface area (TPSA) is 20.3 Å². The molecule has 1 heterocycles. The Labute approximate surface area is 168 Å². The van der Waals surface area contributed by atoms with Crippen molar-refractivity contribution in [2.75, 3.05) is 13.1 Å². The van der Waals surface area contributed by atoms with Crippen molar-refractivity contribution in [3.8, 4) is 0 Å². The van der Waals surface area contributed by atoms with Crippen LogP contribution in [-0.2, 0) is 4.79 Å². The molecule has 0 bridgehead atoms. The van der Waals surface area contributed by atoms with Gasteiger partial charge in [-0.25, -0.2) is 0 Å². The first-order valence-electron chi connectivity index (χ1n) is 9.77. The zero-order valence-electron chi connectivity index (χ0n) is 16.6. The highest BCUT2D eigenvalue weighted by atomic mass is 16.1. The standard InChI is InChI=1S/C26H27NO/c1-21(2)27-19-24(17-9-15-22-11-5-3-6-12-22)26(28)25(20-27)18-10-16-23-13-7-4-8-14-23/h3-18,21H,19-20H2,1-2H3/b15-9+,16-10+,24-17+,25-18+. The molecule has 3 rings (SSSR count). The smallest absolute Gasteiger partial charge is 0.187 e. The molecule has 0 aliphatic carbocycles. The van der Waals surface area contributed by atoms with E-state index in [1.165, 1.54) is 0 Å². The maximum absolute atomic E-state index is 12.9. The lowest BCUT2D eigenvalue weighted by Crippen LogP contribution is -2.41. The minimum absolute atomic E-state index is 0.146. The number of benzene rings is 2. The van der Waals surface area contributed by atoms with Crippen LogP contribution in [0.15, 0.2) is 96.1 Å². The summed E-state index contributed by atoms with van der Waals surface area (Å²) in [6.45, 7) is 5.72. The maximum atomic E-state index is 12.9. The molecule has 2 nitrogen and oxygen atoms in total. The molecule has 2 aromatic carbocycles. The monoisotopic (exact) mass is 369 g/mol. The van der Waals surface area contributed by atoms with Gasteiger partial charge in [0.1, 0.15) is 0 Å². The SMILES string of the molecule is CC(C)N1C/C(=C\C=C\c2ccccc2)C(=O)/C(=C/C=C/c2ccccc2)C1. The summed E-state index contributed by atoms with van der Waals surface area (Å²) in [6, 6.07) is 20.7. The summed E-state index contributed by atoms with van der Waals surface area (Å²) >= 11 is 0. The van der Waals surface area contributed by atoms with E-state index in [9.17, 15) is 4.79 Å². The third kappa shape index (κ3) is 5.51. The lowest BCUT2D eigenvalue weighted by atomic mass is 9.95. The molecule has 0 spiro atoms. The molecule has 1 saturated heterocycles. The third-order valence-electron chi connectivity index (χ3n) is 4.83. The number of carbonyl (C=O) groups is 1. The number of ketones is 1. The first-order valence-corrected chi connectivity index (χ1v) is 9.77. The van der Waals surface area contributed by atoms with E-state index in [1.54, 1.807) is 0 Å². The van der Waals surface area contributed by atoms with Crippen LogP contribution >= 0.6 is 0 Å². The van der Waals surface area contributed by atoms with Gasteiger partial charge in [0.2, 0.25) is 0 Å². The van der Waals surface area contributed by atoms with Crippen molar-refractivity contribution in [2.24, 2.45) is 0 Å². The van der Waals surface area contributed by atoms with E-state index in [-0.39, 0.29) is 5.78 Å². The zero-order chi connectivity index (χ0) is 19.8. The number of hydrogen-bond donors (Lipinski definition) is 0. The van der Waals surface area contributed by atoms with Crippen molar-refractivity contribution in [2.45, 2.75) is 19.9 Å². The Kier molecular flexibility index (Phi) is 6.94. The second kappa shape index (κ2) is 9.82. The van der Waals surface area contributed by atoms with Crippen LogP contribution in [0.25, 0.3) is 12.2 Å². The predicted octanol–water partition coefficient (Wildman–Crippen LogP) is 5.56. The number of carbonyl (C=O) groups excluding carboxylic acids is 1. The molecule has 0 N–H and O–H groups in total. The predicted molar refractivity (Wildman–Crippen MR) is 119 cm³/mol. The van der Waals surface area contributed by atoms with E-state index in [0.29, 0.717) is 19.1 Å². The highest BCUT2D eigenvalue weighted by molar-refractivity contribution is 6.10. The van der Waals surface area contributed by atoms with Gasteiger partial charge in [-0.2, -0.15) is 0 Å². The first-order chi connectivity index (χ1) is 13.6. The summed E-state index contributed by atoms with van der Waals surface area (Å²) in [7, 11) is 0. The fourth-order valence-corrected chi connectivity index (χ4v) is 3.14.